The molecule has 2 unspecified atom stereocenters. The number of benzene rings is 2. The minimum Gasteiger partial charge on any atom is -0.326 e. The van der Waals surface area contributed by atoms with Crippen LogP contribution in [0.3, 0.4) is 0 Å². The van der Waals surface area contributed by atoms with E-state index in [2.05, 4.69) is 27.8 Å². The molecule has 1 amide bonds. The predicted molar refractivity (Wildman–Crippen MR) is 109 cm³/mol. The Morgan fingerprint density at radius 1 is 1.04 bits per heavy atom. The van der Waals surface area contributed by atoms with Gasteiger partial charge in [-0.05, 0) is 54.3 Å². The lowest BCUT2D eigenvalue weighted by Gasteiger charge is -2.05. The fraction of sp³-hybridized carbons (Fsp3) is 0.143. The third-order valence-corrected chi connectivity index (χ3v) is 6.82. The monoisotopic (exact) mass is 376 g/mol. The molecule has 5 rings (SSSR count). The van der Waals surface area contributed by atoms with Crippen molar-refractivity contribution >= 4 is 44.5 Å². The summed E-state index contributed by atoms with van der Waals surface area (Å²) >= 11 is 3.42. The molecule has 0 saturated heterocycles. The summed E-state index contributed by atoms with van der Waals surface area (Å²) in [5, 5.41) is 6.13. The molecule has 4 aromatic rings. The summed E-state index contributed by atoms with van der Waals surface area (Å²) in [5.41, 5.74) is 2.95. The van der Waals surface area contributed by atoms with Crippen molar-refractivity contribution in [2.45, 2.75) is 12.3 Å². The molecular formula is C21H16N2OS2. The SMILES string of the molecule is O=C(Nc1ccc(-c2nc3ccccc3s2)cc1)C1CC1c1cccs1. The van der Waals surface area contributed by atoms with Crippen LogP contribution < -0.4 is 5.32 Å². The number of carbonyl (C=O) groups is 1. The van der Waals surface area contributed by atoms with E-state index in [1.165, 1.54) is 9.58 Å². The van der Waals surface area contributed by atoms with E-state index in [-0.39, 0.29) is 11.8 Å². The van der Waals surface area contributed by atoms with Crippen LogP contribution in [0, 0.1) is 5.92 Å². The molecule has 2 aromatic heterocycles. The van der Waals surface area contributed by atoms with Crippen molar-refractivity contribution in [2.24, 2.45) is 5.92 Å². The molecule has 1 saturated carbocycles. The highest BCUT2D eigenvalue weighted by molar-refractivity contribution is 7.21. The Morgan fingerprint density at radius 2 is 1.88 bits per heavy atom. The van der Waals surface area contributed by atoms with Crippen molar-refractivity contribution in [1.29, 1.82) is 0 Å². The Balaban J connectivity index is 1.29. The molecule has 0 aliphatic heterocycles. The first-order valence-electron chi connectivity index (χ1n) is 8.58. The van der Waals surface area contributed by atoms with E-state index in [1.54, 1.807) is 22.7 Å². The molecule has 128 valence electrons. The van der Waals surface area contributed by atoms with Crippen LogP contribution in [0.25, 0.3) is 20.8 Å². The molecule has 26 heavy (non-hydrogen) atoms. The van der Waals surface area contributed by atoms with Crippen molar-refractivity contribution in [1.82, 2.24) is 4.98 Å². The van der Waals surface area contributed by atoms with Crippen molar-refractivity contribution in [3.05, 3.63) is 70.9 Å². The lowest BCUT2D eigenvalue weighted by molar-refractivity contribution is -0.117. The standard InChI is InChI=1S/C21H16N2OS2/c24-20(16-12-15(16)18-6-3-11-25-18)22-14-9-7-13(8-10-14)21-23-17-4-1-2-5-19(17)26-21/h1-11,15-16H,12H2,(H,22,24). The highest BCUT2D eigenvalue weighted by Gasteiger charge is 2.44. The number of nitrogens with one attached hydrogen (secondary N) is 1. The van der Waals surface area contributed by atoms with Gasteiger partial charge in [-0.25, -0.2) is 4.98 Å². The van der Waals surface area contributed by atoms with Crippen molar-refractivity contribution < 1.29 is 4.79 Å². The zero-order chi connectivity index (χ0) is 17.5. The number of anilines is 1. The van der Waals surface area contributed by atoms with E-state index in [1.807, 2.05) is 48.5 Å². The number of hydrogen-bond acceptors (Lipinski definition) is 4. The fourth-order valence-electron chi connectivity index (χ4n) is 3.23. The first-order chi connectivity index (χ1) is 12.8. The molecule has 1 aliphatic rings. The van der Waals surface area contributed by atoms with Gasteiger partial charge in [-0.2, -0.15) is 0 Å². The van der Waals surface area contributed by atoms with Gasteiger partial charge >= 0.3 is 0 Å². The van der Waals surface area contributed by atoms with Gasteiger partial charge in [0.15, 0.2) is 0 Å². The highest BCUT2D eigenvalue weighted by Crippen LogP contribution is 2.49. The van der Waals surface area contributed by atoms with Crippen LogP contribution in [-0.2, 0) is 4.79 Å². The maximum Gasteiger partial charge on any atom is 0.228 e. The molecule has 5 heteroatoms. The topological polar surface area (TPSA) is 42.0 Å². The highest BCUT2D eigenvalue weighted by atomic mass is 32.1. The molecule has 1 N–H and O–H groups in total. The van der Waals surface area contributed by atoms with Gasteiger partial charge in [-0.15, -0.1) is 22.7 Å². The van der Waals surface area contributed by atoms with E-state index >= 15 is 0 Å². The van der Waals surface area contributed by atoms with Crippen LogP contribution in [0.4, 0.5) is 5.69 Å². The van der Waals surface area contributed by atoms with E-state index < -0.39 is 0 Å². The van der Waals surface area contributed by atoms with E-state index in [4.69, 9.17) is 0 Å². The van der Waals surface area contributed by atoms with E-state index in [0.717, 1.165) is 28.2 Å². The Hall–Kier alpha value is -2.50. The number of carbonyl (C=O) groups excluding carboxylic acids is 1. The third-order valence-electron chi connectivity index (χ3n) is 4.73. The van der Waals surface area contributed by atoms with Gasteiger partial charge in [0.1, 0.15) is 5.01 Å². The summed E-state index contributed by atoms with van der Waals surface area (Å²) in [4.78, 5) is 18.4. The number of nitrogens with zero attached hydrogens (tertiary/aromatic N) is 1. The van der Waals surface area contributed by atoms with Gasteiger partial charge in [0.05, 0.1) is 10.2 Å². The molecule has 1 fully saturated rings. The summed E-state index contributed by atoms with van der Waals surface area (Å²) in [6.07, 6.45) is 0.954. The van der Waals surface area contributed by atoms with Gasteiger partial charge in [0, 0.05) is 28.0 Å². The molecule has 0 spiro atoms. The average Bonchev–Trinajstić information content (AvgIpc) is 3.08. The molecule has 0 radical (unpaired) electrons. The number of fused-ring (bicyclic) bond motifs is 1. The summed E-state index contributed by atoms with van der Waals surface area (Å²) < 4.78 is 1.19. The zero-order valence-electron chi connectivity index (χ0n) is 13.9. The number of hydrogen-bond donors (Lipinski definition) is 1. The van der Waals surface area contributed by atoms with Crippen molar-refractivity contribution in [3.63, 3.8) is 0 Å². The molecule has 0 bridgehead atoms. The molecule has 2 aromatic carbocycles. The maximum absolute atomic E-state index is 12.4. The largest absolute Gasteiger partial charge is 0.326 e. The molecular weight excluding hydrogens is 360 g/mol. The van der Waals surface area contributed by atoms with Gasteiger partial charge in [-0.1, -0.05) is 18.2 Å². The second-order valence-electron chi connectivity index (χ2n) is 6.52. The van der Waals surface area contributed by atoms with Gasteiger partial charge in [-0.3, -0.25) is 4.79 Å². The Bertz CT molecular complexity index is 1030. The lowest BCUT2D eigenvalue weighted by Crippen LogP contribution is -2.14. The van der Waals surface area contributed by atoms with Crippen LogP contribution >= 0.6 is 22.7 Å². The van der Waals surface area contributed by atoms with E-state index in [9.17, 15) is 4.79 Å². The molecule has 3 nitrogen and oxygen atoms in total. The quantitative estimate of drug-likeness (QED) is 0.491. The zero-order valence-corrected chi connectivity index (χ0v) is 15.5. The minimum atomic E-state index is 0.109. The Labute approximate surface area is 159 Å². The summed E-state index contributed by atoms with van der Waals surface area (Å²) in [6.45, 7) is 0. The number of aromatic nitrogens is 1. The van der Waals surface area contributed by atoms with Gasteiger partial charge < -0.3 is 5.32 Å². The number of rotatable bonds is 4. The first kappa shape index (κ1) is 15.7. The summed E-state index contributed by atoms with van der Waals surface area (Å²) in [7, 11) is 0. The van der Waals surface area contributed by atoms with Gasteiger partial charge in [0.2, 0.25) is 5.91 Å². The fourth-order valence-corrected chi connectivity index (χ4v) is 5.11. The minimum absolute atomic E-state index is 0.109. The van der Waals surface area contributed by atoms with Crippen LogP contribution in [0.15, 0.2) is 66.0 Å². The first-order valence-corrected chi connectivity index (χ1v) is 10.3. The summed E-state index contributed by atoms with van der Waals surface area (Å²) in [6, 6.07) is 20.3. The van der Waals surface area contributed by atoms with Crippen LogP contribution in [0.5, 0.6) is 0 Å². The Morgan fingerprint density at radius 3 is 2.65 bits per heavy atom. The number of para-hydroxylation sites is 1. The van der Waals surface area contributed by atoms with Crippen LogP contribution in [0.2, 0.25) is 0 Å². The second kappa shape index (κ2) is 6.34. The lowest BCUT2D eigenvalue weighted by atomic mass is 10.2. The molecule has 1 aliphatic carbocycles. The molecule has 2 heterocycles. The van der Waals surface area contributed by atoms with Crippen LogP contribution in [0.1, 0.15) is 17.2 Å². The number of amides is 1. The van der Waals surface area contributed by atoms with Gasteiger partial charge in [0.25, 0.3) is 0 Å². The third kappa shape index (κ3) is 2.93. The molecule has 2 atom stereocenters. The average molecular weight is 377 g/mol. The second-order valence-corrected chi connectivity index (χ2v) is 8.53. The summed E-state index contributed by atoms with van der Waals surface area (Å²) in [5.74, 6) is 0.630. The smallest absolute Gasteiger partial charge is 0.228 e. The van der Waals surface area contributed by atoms with E-state index in [0.29, 0.717) is 5.92 Å². The maximum atomic E-state index is 12.4. The van der Waals surface area contributed by atoms with Crippen LogP contribution in [-0.4, -0.2) is 10.9 Å². The van der Waals surface area contributed by atoms with Crippen molar-refractivity contribution in [2.75, 3.05) is 5.32 Å². The number of thiazole rings is 1. The van der Waals surface area contributed by atoms with Crippen molar-refractivity contribution in [3.8, 4) is 10.6 Å². The normalized spacial score (nSPS) is 18.8. The number of thiophene rings is 1. The predicted octanol–water partition coefficient (Wildman–Crippen LogP) is 5.77. The Kier molecular flexibility index (Phi) is 3.84.